The van der Waals surface area contributed by atoms with Crippen molar-refractivity contribution in [1.82, 2.24) is 0 Å². The van der Waals surface area contributed by atoms with Crippen LogP contribution in [0, 0.1) is 11.3 Å². The Bertz CT molecular complexity index is 973. The molecular formula is C17H17BrN2O5S. The Morgan fingerprint density at radius 1 is 1.46 bits per heavy atom. The molecule has 1 atom stereocenters. The van der Waals surface area contributed by atoms with Crippen molar-refractivity contribution in [2.45, 2.75) is 24.7 Å². The van der Waals surface area contributed by atoms with Crippen molar-refractivity contribution in [1.29, 1.82) is 5.26 Å². The van der Waals surface area contributed by atoms with Gasteiger partial charge in [-0.3, -0.25) is 0 Å². The van der Waals surface area contributed by atoms with E-state index in [9.17, 15) is 18.5 Å². The van der Waals surface area contributed by atoms with E-state index in [4.69, 9.17) is 15.2 Å². The third-order valence-corrected chi connectivity index (χ3v) is 5.86. The lowest BCUT2D eigenvalue weighted by atomic mass is 9.83. The minimum Gasteiger partial charge on any atom is -0.463 e. The standard InChI is InChI=1S/C17H17BrN2O5S/c1-4-24-17(21)14-9(2)25-16(20)11(8-19)15(14)10-5-6-13(12(18)7-10)26(3,22)23/h5-7,15H,4,20H2,1-3H3. The smallest absolute Gasteiger partial charge is 0.338 e. The molecule has 1 heterocycles. The van der Waals surface area contributed by atoms with Crippen LogP contribution in [0.2, 0.25) is 0 Å². The van der Waals surface area contributed by atoms with Crippen LogP contribution in [-0.2, 0) is 24.1 Å². The predicted octanol–water partition coefficient (Wildman–Crippen LogP) is 2.50. The molecule has 1 unspecified atom stereocenters. The Morgan fingerprint density at radius 2 is 2.12 bits per heavy atom. The number of nitrogens with two attached hydrogens (primary N) is 1. The lowest BCUT2D eigenvalue weighted by Crippen LogP contribution is -2.25. The molecule has 0 bridgehead atoms. The molecule has 7 nitrogen and oxygen atoms in total. The van der Waals surface area contributed by atoms with Gasteiger partial charge in [0.15, 0.2) is 9.84 Å². The fraction of sp³-hybridized carbons (Fsp3) is 0.294. The van der Waals surface area contributed by atoms with E-state index < -0.39 is 21.7 Å². The summed E-state index contributed by atoms with van der Waals surface area (Å²) in [4.78, 5) is 12.5. The molecule has 138 valence electrons. The summed E-state index contributed by atoms with van der Waals surface area (Å²) in [6.45, 7) is 3.37. The Kier molecular flexibility index (Phi) is 5.78. The van der Waals surface area contributed by atoms with Crippen LogP contribution in [0.25, 0.3) is 0 Å². The molecule has 1 aliphatic rings. The minimum absolute atomic E-state index is 0.0534. The van der Waals surface area contributed by atoms with E-state index in [1.165, 1.54) is 12.1 Å². The molecule has 0 amide bonds. The summed E-state index contributed by atoms with van der Waals surface area (Å²) in [5.74, 6) is -1.32. The van der Waals surface area contributed by atoms with E-state index in [-0.39, 0.29) is 34.3 Å². The van der Waals surface area contributed by atoms with Crippen LogP contribution < -0.4 is 5.73 Å². The number of ether oxygens (including phenoxy) is 2. The monoisotopic (exact) mass is 440 g/mol. The van der Waals surface area contributed by atoms with E-state index >= 15 is 0 Å². The van der Waals surface area contributed by atoms with Crippen LogP contribution in [0.5, 0.6) is 0 Å². The van der Waals surface area contributed by atoms with Crippen LogP contribution in [0.15, 0.2) is 50.4 Å². The topological polar surface area (TPSA) is 119 Å². The summed E-state index contributed by atoms with van der Waals surface area (Å²) in [6.07, 6.45) is 1.09. The van der Waals surface area contributed by atoms with Crippen molar-refractivity contribution in [2.75, 3.05) is 12.9 Å². The maximum Gasteiger partial charge on any atom is 0.338 e. The maximum absolute atomic E-state index is 12.4. The average molecular weight is 441 g/mol. The van der Waals surface area contributed by atoms with E-state index in [0.29, 0.717) is 10.0 Å². The van der Waals surface area contributed by atoms with E-state index in [1.807, 2.05) is 6.07 Å². The molecule has 0 aromatic heterocycles. The Morgan fingerprint density at radius 3 is 2.62 bits per heavy atom. The minimum atomic E-state index is -3.44. The lowest BCUT2D eigenvalue weighted by Gasteiger charge is -2.27. The van der Waals surface area contributed by atoms with Crippen LogP contribution in [-0.4, -0.2) is 27.2 Å². The molecular weight excluding hydrogens is 424 g/mol. The van der Waals surface area contributed by atoms with E-state index in [0.717, 1.165) is 6.26 Å². The molecule has 0 saturated carbocycles. The van der Waals surface area contributed by atoms with Gasteiger partial charge >= 0.3 is 5.97 Å². The number of allylic oxidation sites excluding steroid dienone is 2. The van der Waals surface area contributed by atoms with Gasteiger partial charge in [-0.25, -0.2) is 13.2 Å². The highest BCUT2D eigenvalue weighted by Gasteiger charge is 2.36. The third-order valence-electron chi connectivity index (χ3n) is 3.79. The van der Waals surface area contributed by atoms with E-state index in [1.54, 1.807) is 19.9 Å². The first-order chi connectivity index (χ1) is 12.1. The first-order valence-electron chi connectivity index (χ1n) is 7.56. The van der Waals surface area contributed by atoms with Crippen molar-refractivity contribution in [3.8, 4) is 6.07 Å². The fourth-order valence-corrected chi connectivity index (χ4v) is 4.69. The van der Waals surface area contributed by atoms with Gasteiger partial charge in [0.05, 0.1) is 23.0 Å². The molecule has 0 aliphatic carbocycles. The zero-order valence-electron chi connectivity index (χ0n) is 14.4. The summed E-state index contributed by atoms with van der Waals surface area (Å²) >= 11 is 3.24. The van der Waals surface area contributed by atoms with Crippen LogP contribution >= 0.6 is 15.9 Å². The number of benzene rings is 1. The zero-order valence-corrected chi connectivity index (χ0v) is 16.8. The highest BCUT2D eigenvalue weighted by atomic mass is 79.9. The van der Waals surface area contributed by atoms with Crippen molar-refractivity contribution in [3.05, 3.63) is 51.0 Å². The Hall–Kier alpha value is -2.31. The molecule has 0 saturated heterocycles. The number of carbonyl (C=O) groups excluding carboxylic acids is 1. The summed E-state index contributed by atoms with van der Waals surface area (Å²) < 4.78 is 34.4. The molecule has 1 aromatic rings. The van der Waals surface area contributed by atoms with Gasteiger partial charge in [-0.2, -0.15) is 5.26 Å². The SMILES string of the molecule is CCOC(=O)C1=C(C)OC(N)=C(C#N)C1c1ccc(S(C)(=O)=O)c(Br)c1. The van der Waals surface area contributed by atoms with Crippen LogP contribution in [0.4, 0.5) is 0 Å². The molecule has 0 spiro atoms. The average Bonchev–Trinajstić information content (AvgIpc) is 2.52. The first-order valence-corrected chi connectivity index (χ1v) is 10.2. The molecule has 26 heavy (non-hydrogen) atoms. The summed E-state index contributed by atoms with van der Waals surface area (Å²) in [5, 5.41) is 9.51. The highest BCUT2D eigenvalue weighted by Crippen LogP contribution is 2.41. The van der Waals surface area contributed by atoms with Crippen molar-refractivity contribution in [2.24, 2.45) is 5.73 Å². The zero-order chi connectivity index (χ0) is 19.6. The second-order valence-electron chi connectivity index (χ2n) is 5.58. The number of nitrogens with zero attached hydrogens (tertiary/aromatic N) is 1. The normalized spacial score (nSPS) is 17.6. The molecule has 2 N–H and O–H groups in total. The lowest BCUT2D eigenvalue weighted by molar-refractivity contribution is -0.139. The molecule has 9 heteroatoms. The van der Waals surface area contributed by atoms with Gasteiger partial charge in [0.25, 0.3) is 0 Å². The third kappa shape index (κ3) is 3.76. The van der Waals surface area contributed by atoms with Crippen molar-refractivity contribution >= 4 is 31.7 Å². The number of sulfone groups is 1. The van der Waals surface area contributed by atoms with Gasteiger partial charge in [0.2, 0.25) is 5.88 Å². The van der Waals surface area contributed by atoms with Crippen LogP contribution in [0.3, 0.4) is 0 Å². The predicted molar refractivity (Wildman–Crippen MR) is 97.2 cm³/mol. The largest absolute Gasteiger partial charge is 0.463 e. The molecule has 0 radical (unpaired) electrons. The highest BCUT2D eigenvalue weighted by molar-refractivity contribution is 9.10. The number of hydrogen-bond acceptors (Lipinski definition) is 7. The molecule has 0 fully saturated rings. The van der Waals surface area contributed by atoms with E-state index in [2.05, 4.69) is 15.9 Å². The Labute approximate surface area is 160 Å². The van der Waals surface area contributed by atoms with Gasteiger partial charge in [0.1, 0.15) is 17.4 Å². The molecule has 2 rings (SSSR count). The quantitative estimate of drug-likeness (QED) is 0.713. The summed E-state index contributed by atoms with van der Waals surface area (Å²) in [7, 11) is -3.44. The summed E-state index contributed by atoms with van der Waals surface area (Å²) in [5.41, 5.74) is 6.53. The number of nitriles is 1. The van der Waals surface area contributed by atoms with Crippen molar-refractivity contribution in [3.63, 3.8) is 0 Å². The fourth-order valence-electron chi connectivity index (χ4n) is 2.69. The second kappa shape index (κ2) is 7.51. The number of rotatable bonds is 4. The first kappa shape index (κ1) is 20.0. The van der Waals surface area contributed by atoms with Gasteiger partial charge < -0.3 is 15.2 Å². The van der Waals surface area contributed by atoms with Gasteiger partial charge in [-0.05, 0) is 47.5 Å². The molecule has 1 aromatic carbocycles. The van der Waals surface area contributed by atoms with Crippen LogP contribution in [0.1, 0.15) is 25.3 Å². The Balaban J connectivity index is 2.68. The van der Waals surface area contributed by atoms with Gasteiger partial charge in [0, 0.05) is 10.7 Å². The second-order valence-corrected chi connectivity index (χ2v) is 8.42. The molecule has 1 aliphatic heterocycles. The number of esters is 1. The van der Waals surface area contributed by atoms with Gasteiger partial charge in [-0.15, -0.1) is 0 Å². The number of halogens is 1. The van der Waals surface area contributed by atoms with Gasteiger partial charge in [-0.1, -0.05) is 6.07 Å². The van der Waals surface area contributed by atoms with Crippen molar-refractivity contribution < 1.29 is 22.7 Å². The number of hydrogen-bond donors (Lipinski definition) is 1. The summed E-state index contributed by atoms with van der Waals surface area (Å²) in [6, 6.07) is 6.46. The number of carbonyl (C=O) groups is 1. The maximum atomic E-state index is 12.4.